The first-order chi connectivity index (χ1) is 25.5. The lowest BCUT2D eigenvalue weighted by atomic mass is 9.82. The van der Waals surface area contributed by atoms with Crippen molar-refractivity contribution in [3.8, 4) is 5.75 Å². The van der Waals surface area contributed by atoms with E-state index in [0.29, 0.717) is 11.1 Å². The van der Waals surface area contributed by atoms with Gasteiger partial charge < -0.3 is 20.3 Å². The fourth-order valence-electron chi connectivity index (χ4n) is 6.17. The molecule has 0 spiro atoms. The number of aliphatic imine (C=N–C) groups is 1. The van der Waals surface area contributed by atoms with Crippen LogP contribution in [0.3, 0.4) is 0 Å². The molecule has 18 heteroatoms. The van der Waals surface area contributed by atoms with Crippen molar-refractivity contribution in [2.24, 2.45) is 28.5 Å². The molecule has 1 saturated carbocycles. The van der Waals surface area contributed by atoms with E-state index in [4.69, 9.17) is 20.3 Å². The molecule has 1 fully saturated rings. The summed E-state index contributed by atoms with van der Waals surface area (Å²) in [4.78, 5) is 77.1. The summed E-state index contributed by atoms with van der Waals surface area (Å²) in [5.74, 6) is -7.26. The molecular weight excluding hydrogens is 739 g/mol. The van der Waals surface area contributed by atoms with Gasteiger partial charge in [0, 0.05) is 29.4 Å². The zero-order valence-corrected chi connectivity index (χ0v) is 29.5. The Morgan fingerprint density at radius 1 is 1.00 bits per heavy atom. The molecule has 2 aliphatic rings. The van der Waals surface area contributed by atoms with Crippen LogP contribution in [0.5, 0.6) is 5.75 Å². The molecule has 13 nitrogen and oxygen atoms in total. The van der Waals surface area contributed by atoms with Crippen molar-refractivity contribution in [3.63, 3.8) is 0 Å². The topological polar surface area (TPSA) is 198 Å². The van der Waals surface area contributed by atoms with Crippen LogP contribution in [0.1, 0.15) is 55.2 Å². The number of phosphoric acid groups is 1. The lowest BCUT2D eigenvalue weighted by Crippen LogP contribution is -2.51. The molecule has 3 amide bonds. The number of benzodiazepines with no additional fused rings is 1. The highest BCUT2D eigenvalue weighted by Gasteiger charge is 2.41. The first kappa shape index (κ1) is 40.1. The molecular formula is C36H37F4N4O9P. The van der Waals surface area contributed by atoms with Gasteiger partial charge >= 0.3 is 20.0 Å². The van der Waals surface area contributed by atoms with E-state index >= 15 is 4.39 Å². The Balaban J connectivity index is 1.45. The van der Waals surface area contributed by atoms with Gasteiger partial charge in [0.15, 0.2) is 6.73 Å². The van der Waals surface area contributed by atoms with Crippen LogP contribution in [0.15, 0.2) is 77.8 Å². The minimum absolute atomic E-state index is 0.0632. The van der Waals surface area contributed by atoms with Gasteiger partial charge in [-0.2, -0.15) is 13.2 Å². The van der Waals surface area contributed by atoms with Crippen LogP contribution in [-0.2, 0) is 34.9 Å². The number of carbonyl (C=O) groups excluding carboxylic acids is 4. The molecule has 1 aliphatic carbocycles. The summed E-state index contributed by atoms with van der Waals surface area (Å²) >= 11 is 0. The summed E-state index contributed by atoms with van der Waals surface area (Å²) in [6, 6.07) is 17.3. The first-order valence-corrected chi connectivity index (χ1v) is 18.4. The van der Waals surface area contributed by atoms with Gasteiger partial charge in [-0.05, 0) is 48.9 Å². The molecule has 5 rings (SSSR count). The van der Waals surface area contributed by atoms with E-state index in [1.807, 2.05) is 0 Å². The smallest absolute Gasteiger partial charge is 0.444 e. The van der Waals surface area contributed by atoms with Crippen molar-refractivity contribution in [1.29, 1.82) is 0 Å². The van der Waals surface area contributed by atoms with Gasteiger partial charge in [-0.25, -0.2) is 13.9 Å². The average Bonchev–Trinajstić information content (AvgIpc) is 3.93. The zero-order chi connectivity index (χ0) is 39.2. The second-order valence-corrected chi connectivity index (χ2v) is 14.2. The number of primary amides is 1. The van der Waals surface area contributed by atoms with Crippen LogP contribution in [-0.4, -0.2) is 58.3 Å². The van der Waals surface area contributed by atoms with Gasteiger partial charge in [0.1, 0.15) is 11.6 Å². The second kappa shape index (κ2) is 16.9. The number of halogens is 4. The molecule has 3 aromatic carbocycles. The van der Waals surface area contributed by atoms with E-state index in [9.17, 15) is 36.9 Å². The number of anilines is 1. The first-order valence-electron chi connectivity index (χ1n) is 16.9. The molecule has 0 unspecified atom stereocenters. The van der Waals surface area contributed by atoms with E-state index in [-0.39, 0.29) is 47.9 Å². The van der Waals surface area contributed by atoms with Crippen LogP contribution in [0.25, 0.3) is 0 Å². The molecule has 54 heavy (non-hydrogen) atoms. The Bertz CT molecular complexity index is 1940. The molecule has 3 atom stereocenters. The Hall–Kier alpha value is -5.12. The highest BCUT2D eigenvalue weighted by atomic mass is 31.2. The van der Waals surface area contributed by atoms with Crippen molar-refractivity contribution in [2.75, 3.05) is 11.6 Å². The molecule has 1 aliphatic heterocycles. The maximum atomic E-state index is 15.8. The highest BCUT2D eigenvalue weighted by molar-refractivity contribution is 7.46. The van der Waals surface area contributed by atoms with Gasteiger partial charge in [-0.1, -0.05) is 67.4 Å². The lowest BCUT2D eigenvalue weighted by Gasteiger charge is -2.28. The number of rotatable bonds is 16. The third kappa shape index (κ3) is 11.0. The normalized spacial score (nSPS) is 17.1. The number of phosphoric ester groups is 1. The number of amides is 3. The van der Waals surface area contributed by atoms with Crippen molar-refractivity contribution >= 4 is 42.9 Å². The number of fused-ring (bicyclic) bond motifs is 1. The number of hydrogen-bond donors (Lipinski definition) is 4. The Morgan fingerprint density at radius 2 is 1.69 bits per heavy atom. The molecule has 288 valence electrons. The number of benzene rings is 3. The standard InChI is InChI=1S/C36H37F4N4O9P/c37-28-10-4-8-26-30(23-6-2-1-3-7-23)42-33(43-34(47)25(9-5-17-36(38,39)40)27(32(41)46)18-21-11-12-21)35(48)44(31(26)28)20-52-29(45)19-22-13-15-24(16-14-22)53-54(49,50)51/h1-4,6-8,10,13-16,21,25,27,33H,5,9,11-12,17-20H2,(H2,41,46)(H,43,47)(H2,49,50,51)/t25-,27+,33-/m1/s1. The number of para-hydroxylation sites is 1. The molecule has 0 radical (unpaired) electrons. The summed E-state index contributed by atoms with van der Waals surface area (Å²) < 4.78 is 76.2. The van der Waals surface area contributed by atoms with Gasteiger partial charge in [0.05, 0.1) is 17.8 Å². The number of carbonyl (C=O) groups is 4. The molecule has 0 bridgehead atoms. The summed E-state index contributed by atoms with van der Waals surface area (Å²) in [6.45, 7) is -0.866. The Morgan fingerprint density at radius 3 is 2.30 bits per heavy atom. The molecule has 0 saturated heterocycles. The summed E-state index contributed by atoms with van der Waals surface area (Å²) in [7, 11) is -4.82. The number of hydrogen-bond acceptors (Lipinski definition) is 8. The number of nitrogens with zero attached hydrogens (tertiary/aromatic N) is 2. The van der Waals surface area contributed by atoms with Crippen LogP contribution in [0.4, 0.5) is 23.2 Å². The fraction of sp³-hybridized carbons (Fsp3) is 0.361. The number of alkyl halides is 3. The van der Waals surface area contributed by atoms with Crippen molar-refractivity contribution in [2.45, 2.75) is 57.3 Å². The van der Waals surface area contributed by atoms with E-state index in [0.717, 1.165) is 23.8 Å². The van der Waals surface area contributed by atoms with Crippen LogP contribution < -0.4 is 20.5 Å². The number of ether oxygens (including phenoxy) is 1. The summed E-state index contributed by atoms with van der Waals surface area (Å²) in [6.07, 6.45) is -7.11. The number of esters is 1. The SMILES string of the molecule is NC(=O)[C@@H](CC1CC1)[C@@H](CCCC(F)(F)F)C(=O)N[C@H]1N=C(c2ccccc2)c2cccc(F)c2N(COC(=O)Cc2ccc(OP(=O)(O)O)cc2)C1=O. The number of nitrogens with two attached hydrogens (primary N) is 1. The minimum Gasteiger partial charge on any atom is -0.444 e. The summed E-state index contributed by atoms with van der Waals surface area (Å²) in [5.41, 5.74) is 6.23. The van der Waals surface area contributed by atoms with E-state index in [2.05, 4.69) is 14.8 Å². The fourth-order valence-corrected chi connectivity index (χ4v) is 6.57. The van der Waals surface area contributed by atoms with Crippen LogP contribution >= 0.6 is 7.82 Å². The number of nitrogens with one attached hydrogen (secondary N) is 1. The van der Waals surface area contributed by atoms with E-state index in [1.165, 1.54) is 36.4 Å². The van der Waals surface area contributed by atoms with Crippen LogP contribution in [0, 0.1) is 23.6 Å². The molecule has 5 N–H and O–H groups in total. The maximum absolute atomic E-state index is 15.8. The van der Waals surface area contributed by atoms with Crippen LogP contribution in [0.2, 0.25) is 0 Å². The molecule has 3 aromatic rings. The van der Waals surface area contributed by atoms with Gasteiger partial charge in [0.25, 0.3) is 5.91 Å². The predicted molar refractivity (Wildman–Crippen MR) is 185 cm³/mol. The molecule has 0 aromatic heterocycles. The van der Waals surface area contributed by atoms with Gasteiger partial charge in [0.2, 0.25) is 18.0 Å². The van der Waals surface area contributed by atoms with E-state index in [1.54, 1.807) is 30.3 Å². The second-order valence-electron chi connectivity index (χ2n) is 13.0. The predicted octanol–water partition coefficient (Wildman–Crippen LogP) is 4.92. The molecule has 1 heterocycles. The van der Waals surface area contributed by atoms with Crippen molar-refractivity contribution < 1.29 is 60.4 Å². The largest absolute Gasteiger partial charge is 0.524 e. The average molecular weight is 777 g/mol. The van der Waals surface area contributed by atoms with Gasteiger partial charge in [-0.3, -0.25) is 33.9 Å². The quantitative estimate of drug-likeness (QED) is 0.0887. The van der Waals surface area contributed by atoms with Crippen molar-refractivity contribution in [1.82, 2.24) is 5.32 Å². The third-order valence-electron chi connectivity index (χ3n) is 8.89. The summed E-state index contributed by atoms with van der Waals surface area (Å²) in [5, 5.41) is 2.48. The van der Waals surface area contributed by atoms with E-state index < -0.39 is 81.1 Å². The third-order valence-corrected chi connectivity index (χ3v) is 9.34. The Labute approximate surface area is 306 Å². The highest BCUT2D eigenvalue weighted by Crippen LogP contribution is 2.40. The lowest BCUT2D eigenvalue weighted by molar-refractivity contribution is -0.143. The van der Waals surface area contributed by atoms with Gasteiger partial charge in [-0.15, -0.1) is 0 Å². The monoisotopic (exact) mass is 776 g/mol. The zero-order valence-electron chi connectivity index (χ0n) is 28.6. The minimum atomic E-state index is -4.82. The van der Waals surface area contributed by atoms with Crippen molar-refractivity contribution in [3.05, 3.63) is 95.3 Å². The Kier molecular flexibility index (Phi) is 12.6. The maximum Gasteiger partial charge on any atom is 0.524 e.